The van der Waals surface area contributed by atoms with Gasteiger partial charge in [0.1, 0.15) is 0 Å². The summed E-state index contributed by atoms with van der Waals surface area (Å²) in [6.07, 6.45) is 2.38. The van der Waals surface area contributed by atoms with Crippen molar-refractivity contribution in [2.24, 2.45) is 5.92 Å². The molecular weight excluding hydrogens is 170 g/mol. The largest absolute Gasteiger partial charge is 0.395 e. The van der Waals surface area contributed by atoms with Gasteiger partial charge in [0.25, 0.3) is 0 Å². The second-order valence-corrected chi connectivity index (χ2v) is 3.71. The van der Waals surface area contributed by atoms with Crippen molar-refractivity contribution in [3.05, 3.63) is 0 Å². The molecule has 1 saturated carbocycles. The van der Waals surface area contributed by atoms with Crippen molar-refractivity contribution in [1.82, 2.24) is 5.32 Å². The summed E-state index contributed by atoms with van der Waals surface area (Å²) < 4.78 is 10.6. The molecule has 0 spiro atoms. The van der Waals surface area contributed by atoms with E-state index in [0.29, 0.717) is 25.7 Å². The maximum Gasteiger partial charge on any atom is 0.170 e. The fraction of sp³-hybridized carbons (Fsp3) is 1.00. The molecule has 2 aliphatic rings. The number of aliphatic hydroxyl groups is 1. The first-order valence-electron chi connectivity index (χ1n) is 4.97. The van der Waals surface area contributed by atoms with E-state index < -0.39 is 0 Å². The summed E-state index contributed by atoms with van der Waals surface area (Å²) in [5.74, 6) is 0.673. The first kappa shape index (κ1) is 9.40. The normalized spacial score (nSPS) is 26.5. The lowest BCUT2D eigenvalue weighted by Crippen LogP contribution is -2.39. The maximum absolute atomic E-state index is 9.07. The molecule has 13 heavy (non-hydrogen) atoms. The van der Waals surface area contributed by atoms with E-state index in [4.69, 9.17) is 14.6 Å². The lowest BCUT2D eigenvalue weighted by atomic mass is 10.2. The maximum atomic E-state index is 9.07. The SMILES string of the molecule is OCC(NCC1OCCO1)C1CC1. The third kappa shape index (κ3) is 2.64. The quantitative estimate of drug-likeness (QED) is 0.621. The van der Waals surface area contributed by atoms with Crippen molar-refractivity contribution in [2.75, 3.05) is 26.4 Å². The van der Waals surface area contributed by atoms with Gasteiger partial charge in [-0.2, -0.15) is 0 Å². The summed E-state index contributed by atoms with van der Waals surface area (Å²) >= 11 is 0. The second-order valence-electron chi connectivity index (χ2n) is 3.71. The van der Waals surface area contributed by atoms with Gasteiger partial charge in [-0.25, -0.2) is 0 Å². The van der Waals surface area contributed by atoms with Crippen LogP contribution < -0.4 is 5.32 Å². The Hall–Kier alpha value is -0.160. The minimum absolute atomic E-state index is 0.104. The molecule has 1 aliphatic carbocycles. The molecule has 4 heteroatoms. The van der Waals surface area contributed by atoms with Gasteiger partial charge < -0.3 is 19.9 Å². The van der Waals surface area contributed by atoms with E-state index in [0.717, 1.165) is 0 Å². The molecule has 1 atom stereocenters. The van der Waals surface area contributed by atoms with Crippen LogP contribution in [0.1, 0.15) is 12.8 Å². The first-order valence-corrected chi connectivity index (χ1v) is 4.97. The Kier molecular flexibility index (Phi) is 3.16. The number of ether oxygens (including phenoxy) is 2. The van der Waals surface area contributed by atoms with E-state index in [1.807, 2.05) is 0 Å². The van der Waals surface area contributed by atoms with Gasteiger partial charge in [-0.1, -0.05) is 0 Å². The van der Waals surface area contributed by atoms with Crippen LogP contribution in [0.5, 0.6) is 0 Å². The molecule has 2 rings (SSSR count). The molecule has 1 unspecified atom stereocenters. The van der Waals surface area contributed by atoms with Crippen LogP contribution in [0.15, 0.2) is 0 Å². The molecule has 0 amide bonds. The summed E-state index contributed by atoms with van der Waals surface area (Å²) in [6, 6.07) is 0.243. The Labute approximate surface area is 78.2 Å². The highest BCUT2D eigenvalue weighted by atomic mass is 16.7. The molecule has 1 heterocycles. The molecule has 4 nitrogen and oxygen atoms in total. The first-order chi connectivity index (χ1) is 6.40. The summed E-state index contributed by atoms with van der Waals surface area (Å²) in [5, 5.41) is 12.3. The molecule has 1 aliphatic heterocycles. The minimum atomic E-state index is -0.104. The van der Waals surface area contributed by atoms with Crippen molar-refractivity contribution in [3.8, 4) is 0 Å². The Morgan fingerprint density at radius 3 is 2.54 bits per heavy atom. The zero-order chi connectivity index (χ0) is 9.10. The average Bonchev–Trinajstić information content (AvgIpc) is 2.84. The highest BCUT2D eigenvalue weighted by Crippen LogP contribution is 2.32. The highest BCUT2D eigenvalue weighted by molar-refractivity contribution is 4.86. The third-order valence-electron chi connectivity index (χ3n) is 2.63. The summed E-state index contributed by atoms with van der Waals surface area (Å²) in [7, 11) is 0. The molecule has 0 aromatic carbocycles. The van der Waals surface area contributed by atoms with E-state index in [1.165, 1.54) is 12.8 Å². The van der Waals surface area contributed by atoms with Crippen LogP contribution in [0.25, 0.3) is 0 Å². The number of rotatable bonds is 5. The van der Waals surface area contributed by atoms with Crippen molar-refractivity contribution >= 4 is 0 Å². The molecule has 0 aromatic rings. The molecule has 0 aromatic heterocycles. The zero-order valence-corrected chi connectivity index (χ0v) is 7.74. The molecular formula is C9H17NO3. The van der Waals surface area contributed by atoms with Crippen LogP contribution in [0, 0.1) is 5.92 Å². The highest BCUT2D eigenvalue weighted by Gasteiger charge is 2.31. The molecule has 2 N–H and O–H groups in total. The van der Waals surface area contributed by atoms with E-state index in [9.17, 15) is 0 Å². The van der Waals surface area contributed by atoms with Gasteiger partial charge in [0.2, 0.25) is 0 Å². The van der Waals surface area contributed by atoms with Crippen molar-refractivity contribution in [2.45, 2.75) is 25.2 Å². The van der Waals surface area contributed by atoms with E-state index in [1.54, 1.807) is 0 Å². The van der Waals surface area contributed by atoms with Gasteiger partial charge in [0.15, 0.2) is 6.29 Å². The van der Waals surface area contributed by atoms with Crippen LogP contribution in [0.4, 0.5) is 0 Å². The predicted molar refractivity (Wildman–Crippen MR) is 47.3 cm³/mol. The van der Waals surface area contributed by atoms with Crippen molar-refractivity contribution in [1.29, 1.82) is 0 Å². The average molecular weight is 187 g/mol. The second kappa shape index (κ2) is 4.37. The van der Waals surface area contributed by atoms with Crippen LogP contribution in [0.3, 0.4) is 0 Å². The predicted octanol–water partition coefficient (Wildman–Crippen LogP) is -0.280. The zero-order valence-electron chi connectivity index (χ0n) is 7.74. The number of hydrogen-bond acceptors (Lipinski definition) is 4. The van der Waals surface area contributed by atoms with Gasteiger partial charge in [-0.15, -0.1) is 0 Å². The Morgan fingerprint density at radius 2 is 2.00 bits per heavy atom. The van der Waals surface area contributed by atoms with E-state index >= 15 is 0 Å². The summed E-state index contributed by atoms with van der Waals surface area (Å²) in [4.78, 5) is 0. The molecule has 0 bridgehead atoms. The fourth-order valence-electron chi connectivity index (χ4n) is 1.65. The lowest BCUT2D eigenvalue weighted by molar-refractivity contribution is -0.0419. The van der Waals surface area contributed by atoms with Crippen LogP contribution in [0.2, 0.25) is 0 Å². The van der Waals surface area contributed by atoms with Gasteiger partial charge >= 0.3 is 0 Å². The third-order valence-corrected chi connectivity index (χ3v) is 2.63. The fourth-order valence-corrected chi connectivity index (χ4v) is 1.65. The monoisotopic (exact) mass is 187 g/mol. The summed E-state index contributed by atoms with van der Waals surface area (Å²) in [5.41, 5.74) is 0. The van der Waals surface area contributed by atoms with Crippen molar-refractivity contribution in [3.63, 3.8) is 0 Å². The van der Waals surface area contributed by atoms with E-state index in [-0.39, 0.29) is 18.9 Å². The van der Waals surface area contributed by atoms with E-state index in [2.05, 4.69) is 5.32 Å². The Morgan fingerprint density at radius 1 is 1.31 bits per heavy atom. The molecule has 76 valence electrons. The molecule has 2 fully saturated rings. The van der Waals surface area contributed by atoms with Gasteiger partial charge in [0, 0.05) is 12.6 Å². The van der Waals surface area contributed by atoms with Gasteiger partial charge in [0.05, 0.1) is 19.8 Å². The standard InChI is InChI=1S/C9H17NO3/c11-6-8(7-1-2-7)10-5-9-12-3-4-13-9/h7-11H,1-6H2. The Bertz CT molecular complexity index is 155. The topological polar surface area (TPSA) is 50.7 Å². The van der Waals surface area contributed by atoms with Crippen LogP contribution in [-0.4, -0.2) is 43.8 Å². The summed E-state index contributed by atoms with van der Waals surface area (Å²) in [6.45, 7) is 2.30. The number of aliphatic hydroxyl groups excluding tert-OH is 1. The van der Waals surface area contributed by atoms with Gasteiger partial charge in [-0.3, -0.25) is 0 Å². The van der Waals surface area contributed by atoms with Crippen LogP contribution >= 0.6 is 0 Å². The Balaban J connectivity index is 1.64. The number of hydrogen-bond donors (Lipinski definition) is 2. The minimum Gasteiger partial charge on any atom is -0.395 e. The molecule has 1 saturated heterocycles. The smallest absolute Gasteiger partial charge is 0.170 e. The lowest BCUT2D eigenvalue weighted by Gasteiger charge is -2.17. The van der Waals surface area contributed by atoms with Crippen molar-refractivity contribution < 1.29 is 14.6 Å². The van der Waals surface area contributed by atoms with Crippen LogP contribution in [-0.2, 0) is 9.47 Å². The molecule has 0 radical (unpaired) electrons. The number of nitrogens with one attached hydrogen (secondary N) is 1. The van der Waals surface area contributed by atoms with Gasteiger partial charge in [-0.05, 0) is 18.8 Å².